The van der Waals surface area contributed by atoms with E-state index in [4.69, 9.17) is 16.3 Å². The van der Waals surface area contributed by atoms with Crippen LogP contribution in [0.5, 0.6) is 0 Å². The molecule has 0 radical (unpaired) electrons. The van der Waals surface area contributed by atoms with E-state index in [1.807, 2.05) is 0 Å². The van der Waals surface area contributed by atoms with Gasteiger partial charge in [0.25, 0.3) is 5.91 Å². The Labute approximate surface area is 122 Å². The van der Waals surface area contributed by atoms with Gasteiger partial charge in [-0.1, -0.05) is 11.6 Å². The quantitative estimate of drug-likeness (QED) is 0.907. The Kier molecular flexibility index (Phi) is 5.63. The van der Waals surface area contributed by atoms with Crippen LogP contribution < -0.4 is 5.32 Å². The van der Waals surface area contributed by atoms with Gasteiger partial charge in [0.15, 0.2) is 0 Å². The highest BCUT2D eigenvalue weighted by Gasteiger charge is 2.21. The normalized spacial score (nSPS) is 17.6. The summed E-state index contributed by atoms with van der Waals surface area (Å²) in [6.07, 6.45) is 1.99. The summed E-state index contributed by atoms with van der Waals surface area (Å²) in [4.78, 5) is 15.0. The molecule has 1 fully saturated rings. The lowest BCUT2D eigenvalue weighted by molar-refractivity contribution is 0.0896. The van der Waals surface area contributed by atoms with Gasteiger partial charge in [-0.05, 0) is 25.0 Å². The highest BCUT2D eigenvalue weighted by molar-refractivity contribution is 7.17. The monoisotopic (exact) mass is 302 g/mol. The summed E-state index contributed by atoms with van der Waals surface area (Å²) in [6.45, 7) is 3.77. The number of nitrogens with zero attached hydrogens (tertiary/aromatic N) is 1. The van der Waals surface area contributed by atoms with Crippen molar-refractivity contribution in [3.05, 3.63) is 21.3 Å². The second-order valence-electron chi connectivity index (χ2n) is 4.69. The number of methoxy groups -OCH3 is 1. The van der Waals surface area contributed by atoms with Crippen molar-refractivity contribution in [1.29, 1.82) is 0 Å². The highest BCUT2D eigenvalue weighted by Crippen LogP contribution is 2.21. The van der Waals surface area contributed by atoms with Gasteiger partial charge in [0.05, 0.1) is 15.8 Å². The van der Waals surface area contributed by atoms with E-state index in [-0.39, 0.29) is 11.9 Å². The third-order valence-corrected chi connectivity index (χ3v) is 4.56. The van der Waals surface area contributed by atoms with Crippen LogP contribution in [-0.2, 0) is 4.74 Å². The number of piperidine rings is 1. The van der Waals surface area contributed by atoms with E-state index in [1.54, 1.807) is 19.2 Å². The first-order valence-electron chi connectivity index (χ1n) is 6.46. The zero-order valence-electron chi connectivity index (χ0n) is 11.0. The van der Waals surface area contributed by atoms with Crippen molar-refractivity contribution in [2.75, 3.05) is 33.4 Å². The predicted molar refractivity (Wildman–Crippen MR) is 78.1 cm³/mol. The molecule has 0 atom stereocenters. The minimum Gasteiger partial charge on any atom is -0.383 e. The lowest BCUT2D eigenvalue weighted by atomic mass is 10.1. The number of nitrogens with one attached hydrogen (secondary N) is 1. The average Bonchev–Trinajstić information content (AvgIpc) is 2.85. The molecule has 19 heavy (non-hydrogen) atoms. The van der Waals surface area contributed by atoms with Crippen LogP contribution in [0.25, 0.3) is 0 Å². The van der Waals surface area contributed by atoms with Crippen molar-refractivity contribution in [3.8, 4) is 0 Å². The van der Waals surface area contributed by atoms with Crippen LogP contribution >= 0.6 is 22.9 Å². The number of hydrogen-bond acceptors (Lipinski definition) is 4. The maximum absolute atomic E-state index is 12.0. The standard InChI is InChI=1S/C13H19ClN2O2S/c1-18-9-8-16-6-4-10(5-7-16)15-13(17)11-2-3-12(14)19-11/h2-3,10H,4-9H2,1H3,(H,15,17). The lowest BCUT2D eigenvalue weighted by Crippen LogP contribution is -2.45. The molecule has 0 spiro atoms. The Hall–Kier alpha value is -0.620. The minimum atomic E-state index is -0.00718. The largest absolute Gasteiger partial charge is 0.383 e. The molecule has 1 N–H and O–H groups in total. The molecule has 2 heterocycles. The van der Waals surface area contributed by atoms with Crippen LogP contribution in [0.3, 0.4) is 0 Å². The zero-order chi connectivity index (χ0) is 13.7. The van der Waals surface area contributed by atoms with Crippen LogP contribution in [-0.4, -0.2) is 50.2 Å². The smallest absolute Gasteiger partial charge is 0.261 e. The van der Waals surface area contributed by atoms with E-state index in [0.29, 0.717) is 9.21 Å². The second kappa shape index (κ2) is 7.24. The molecule has 0 bridgehead atoms. The molecule has 4 nitrogen and oxygen atoms in total. The Morgan fingerprint density at radius 3 is 2.84 bits per heavy atom. The summed E-state index contributed by atoms with van der Waals surface area (Å²) < 4.78 is 5.73. The molecule has 1 aliphatic rings. The van der Waals surface area contributed by atoms with Crippen molar-refractivity contribution >= 4 is 28.8 Å². The van der Waals surface area contributed by atoms with Gasteiger partial charge in [-0.2, -0.15) is 0 Å². The van der Waals surface area contributed by atoms with Crippen LogP contribution in [0, 0.1) is 0 Å². The van der Waals surface area contributed by atoms with Gasteiger partial charge < -0.3 is 15.0 Å². The second-order valence-corrected chi connectivity index (χ2v) is 6.40. The fourth-order valence-corrected chi connectivity index (χ4v) is 3.16. The number of likely N-dealkylation sites (tertiary alicyclic amines) is 1. The number of ether oxygens (including phenoxy) is 1. The highest BCUT2D eigenvalue weighted by atomic mass is 35.5. The molecule has 1 aromatic rings. The van der Waals surface area contributed by atoms with Crippen LogP contribution in [0.4, 0.5) is 0 Å². The SMILES string of the molecule is COCCN1CCC(NC(=O)c2ccc(Cl)s2)CC1. The Morgan fingerprint density at radius 2 is 2.26 bits per heavy atom. The van der Waals surface area contributed by atoms with E-state index in [1.165, 1.54) is 11.3 Å². The summed E-state index contributed by atoms with van der Waals surface area (Å²) in [5.41, 5.74) is 0. The summed E-state index contributed by atoms with van der Waals surface area (Å²) >= 11 is 7.16. The number of amides is 1. The first-order chi connectivity index (χ1) is 9.19. The molecule has 2 rings (SSSR count). The molecule has 6 heteroatoms. The molecular weight excluding hydrogens is 284 g/mol. The fraction of sp³-hybridized carbons (Fsp3) is 0.615. The zero-order valence-corrected chi connectivity index (χ0v) is 12.6. The van der Waals surface area contributed by atoms with Crippen molar-refractivity contribution in [2.45, 2.75) is 18.9 Å². The van der Waals surface area contributed by atoms with E-state index >= 15 is 0 Å². The van der Waals surface area contributed by atoms with Gasteiger partial charge in [0, 0.05) is 32.8 Å². The lowest BCUT2D eigenvalue weighted by Gasteiger charge is -2.32. The molecular formula is C13H19ClN2O2S. The third-order valence-electron chi connectivity index (χ3n) is 3.33. The maximum atomic E-state index is 12.0. The van der Waals surface area contributed by atoms with Gasteiger partial charge >= 0.3 is 0 Å². The van der Waals surface area contributed by atoms with Gasteiger partial charge in [0.2, 0.25) is 0 Å². The first kappa shape index (κ1) is 14.8. The van der Waals surface area contributed by atoms with Crippen LogP contribution in [0.15, 0.2) is 12.1 Å². The molecule has 0 unspecified atom stereocenters. The molecule has 0 aromatic carbocycles. The Bertz CT molecular complexity index is 417. The van der Waals surface area contributed by atoms with Crippen LogP contribution in [0.2, 0.25) is 4.34 Å². The molecule has 106 valence electrons. The molecule has 1 saturated heterocycles. The number of thiophene rings is 1. The van der Waals surface area contributed by atoms with Crippen molar-refractivity contribution < 1.29 is 9.53 Å². The Morgan fingerprint density at radius 1 is 1.53 bits per heavy atom. The fourth-order valence-electron chi connectivity index (χ4n) is 2.21. The summed E-state index contributed by atoms with van der Waals surface area (Å²) in [6, 6.07) is 3.80. The molecule has 1 amide bonds. The minimum absolute atomic E-state index is 0.00718. The van der Waals surface area contributed by atoms with E-state index < -0.39 is 0 Å². The van der Waals surface area contributed by atoms with Crippen molar-refractivity contribution in [3.63, 3.8) is 0 Å². The number of carbonyl (C=O) groups excluding carboxylic acids is 1. The predicted octanol–water partition coefficient (Wildman–Crippen LogP) is 2.24. The third kappa shape index (κ3) is 4.45. The van der Waals surface area contributed by atoms with Crippen molar-refractivity contribution in [2.24, 2.45) is 0 Å². The van der Waals surface area contributed by atoms with Crippen LogP contribution in [0.1, 0.15) is 22.5 Å². The number of carbonyl (C=O) groups is 1. The molecule has 1 aromatic heterocycles. The van der Waals surface area contributed by atoms with E-state index in [9.17, 15) is 4.79 Å². The number of rotatable bonds is 5. The molecule has 1 aliphatic heterocycles. The van der Waals surface area contributed by atoms with Gasteiger partial charge in [0.1, 0.15) is 0 Å². The molecule has 0 aliphatic carbocycles. The topological polar surface area (TPSA) is 41.6 Å². The first-order valence-corrected chi connectivity index (χ1v) is 7.66. The average molecular weight is 303 g/mol. The maximum Gasteiger partial charge on any atom is 0.261 e. The van der Waals surface area contributed by atoms with Gasteiger partial charge in [-0.15, -0.1) is 11.3 Å². The number of hydrogen-bond donors (Lipinski definition) is 1. The summed E-state index contributed by atoms with van der Waals surface area (Å²) in [5.74, 6) is -0.00718. The summed E-state index contributed by atoms with van der Waals surface area (Å²) in [7, 11) is 1.72. The van der Waals surface area contributed by atoms with E-state index in [0.717, 1.165) is 39.1 Å². The van der Waals surface area contributed by atoms with Gasteiger partial charge in [-0.3, -0.25) is 4.79 Å². The Balaban J connectivity index is 1.75. The number of halogens is 1. The summed E-state index contributed by atoms with van der Waals surface area (Å²) in [5, 5.41) is 3.08. The van der Waals surface area contributed by atoms with Gasteiger partial charge in [-0.25, -0.2) is 0 Å². The van der Waals surface area contributed by atoms with Crippen molar-refractivity contribution in [1.82, 2.24) is 10.2 Å². The molecule has 0 saturated carbocycles. The van der Waals surface area contributed by atoms with E-state index in [2.05, 4.69) is 10.2 Å².